The minimum absolute atomic E-state index is 0.0193. The molecule has 6 nitrogen and oxygen atoms in total. The van der Waals surface area contributed by atoms with Crippen molar-refractivity contribution in [3.05, 3.63) is 11.1 Å². The van der Waals surface area contributed by atoms with Crippen LogP contribution in [0.5, 0.6) is 0 Å². The summed E-state index contributed by atoms with van der Waals surface area (Å²) in [5.74, 6) is -0.456. The molecule has 0 radical (unpaired) electrons. The smallest absolute Gasteiger partial charge is 0.221 e. The van der Waals surface area contributed by atoms with Crippen LogP contribution in [-0.2, 0) is 23.9 Å². The molecular weight excluding hydrogens is 406 g/mol. The normalized spacial score (nSPS) is 31.0. The molecule has 4 rings (SSSR count). The van der Waals surface area contributed by atoms with E-state index < -0.39 is 5.41 Å². The molecule has 32 heavy (non-hydrogen) atoms. The van der Waals surface area contributed by atoms with Crippen LogP contribution in [0.4, 0.5) is 0 Å². The van der Waals surface area contributed by atoms with Gasteiger partial charge in [-0.25, -0.2) is 0 Å². The van der Waals surface area contributed by atoms with Gasteiger partial charge in [0.25, 0.3) is 0 Å². The lowest BCUT2D eigenvalue weighted by atomic mass is 9.62. The van der Waals surface area contributed by atoms with Crippen LogP contribution in [0.3, 0.4) is 0 Å². The molecule has 6 heteroatoms. The number of amides is 1. The molecule has 0 aromatic rings. The third kappa shape index (κ3) is 4.33. The van der Waals surface area contributed by atoms with E-state index in [1.54, 1.807) is 7.11 Å². The molecule has 0 saturated heterocycles. The van der Waals surface area contributed by atoms with Crippen LogP contribution in [0.2, 0.25) is 0 Å². The first kappa shape index (κ1) is 23.6. The number of ether oxygens (including phenoxy) is 2. The lowest BCUT2D eigenvalue weighted by molar-refractivity contribution is -0.150. The second-order valence-electron chi connectivity index (χ2n) is 10.2. The Balaban J connectivity index is 1.60. The molecule has 2 fully saturated rings. The second-order valence-corrected chi connectivity index (χ2v) is 10.2. The summed E-state index contributed by atoms with van der Waals surface area (Å²) in [6.45, 7) is 2.58. The van der Waals surface area contributed by atoms with Crippen LogP contribution in [0.25, 0.3) is 0 Å². The fraction of sp³-hybridized carbons (Fsp3) is 0.808. The average molecular weight is 446 g/mol. The van der Waals surface area contributed by atoms with Gasteiger partial charge in [0, 0.05) is 37.3 Å². The van der Waals surface area contributed by atoms with Crippen molar-refractivity contribution in [3.63, 3.8) is 0 Å². The summed E-state index contributed by atoms with van der Waals surface area (Å²) >= 11 is 0. The third-order valence-electron chi connectivity index (χ3n) is 8.35. The van der Waals surface area contributed by atoms with Crippen molar-refractivity contribution in [3.8, 4) is 0 Å². The van der Waals surface area contributed by atoms with Gasteiger partial charge in [-0.15, -0.1) is 0 Å². The number of Topliss-reactive ketones (excluding diaryl/α,β-unsaturated/α-hetero) is 2. The van der Waals surface area contributed by atoms with Gasteiger partial charge in [0.1, 0.15) is 5.41 Å². The maximum Gasteiger partial charge on any atom is 0.221 e. The number of methoxy groups -OCH3 is 1. The van der Waals surface area contributed by atoms with Gasteiger partial charge < -0.3 is 14.8 Å². The SMILES string of the molecule is CCOC1CCC(C2(CC(=O)NC3CCCCC3)C(=O)C3=C(CCCC3)C2=O)CC1OC. The number of carbonyl (C=O) groups excluding carboxylic acids is 3. The minimum atomic E-state index is -1.25. The number of rotatable bonds is 7. The molecular formula is C26H39NO5. The Morgan fingerprint density at radius 2 is 1.59 bits per heavy atom. The van der Waals surface area contributed by atoms with Gasteiger partial charge in [-0.3, -0.25) is 14.4 Å². The maximum atomic E-state index is 13.9. The first-order valence-electron chi connectivity index (χ1n) is 12.8. The zero-order chi connectivity index (χ0) is 22.7. The van der Waals surface area contributed by atoms with E-state index in [9.17, 15) is 14.4 Å². The second kappa shape index (κ2) is 10.2. The van der Waals surface area contributed by atoms with Crippen LogP contribution >= 0.6 is 0 Å². The van der Waals surface area contributed by atoms with E-state index >= 15 is 0 Å². The zero-order valence-corrected chi connectivity index (χ0v) is 19.8. The standard InChI is InChI=1S/C26H39NO5/c1-3-32-21-14-13-17(15-22(21)31-2)26(16-23(28)27-18-9-5-4-6-10-18)24(29)19-11-7-8-12-20(19)25(26)30/h17-18,21-22H,3-16H2,1-2H3,(H,27,28). The van der Waals surface area contributed by atoms with Crippen LogP contribution in [0.1, 0.15) is 90.4 Å². The fourth-order valence-corrected chi connectivity index (χ4v) is 6.70. The minimum Gasteiger partial charge on any atom is -0.379 e. The number of hydrogen-bond donors (Lipinski definition) is 1. The van der Waals surface area contributed by atoms with Gasteiger partial charge in [0.05, 0.1) is 12.2 Å². The lowest BCUT2D eigenvalue weighted by Gasteiger charge is -2.42. The van der Waals surface area contributed by atoms with Crippen molar-refractivity contribution in [1.82, 2.24) is 5.32 Å². The Labute approximate surface area is 191 Å². The van der Waals surface area contributed by atoms with Crippen molar-refractivity contribution < 1.29 is 23.9 Å². The van der Waals surface area contributed by atoms with Gasteiger partial charge in [0.15, 0.2) is 11.6 Å². The largest absolute Gasteiger partial charge is 0.379 e. The first-order valence-corrected chi connectivity index (χ1v) is 12.8. The van der Waals surface area contributed by atoms with Crippen LogP contribution in [0, 0.1) is 11.3 Å². The molecule has 0 heterocycles. The molecule has 4 aliphatic carbocycles. The van der Waals surface area contributed by atoms with E-state index in [1.807, 2.05) is 6.92 Å². The molecule has 2 saturated carbocycles. The Hall–Kier alpha value is -1.53. The average Bonchev–Trinajstić information content (AvgIpc) is 3.03. The van der Waals surface area contributed by atoms with Gasteiger partial charge in [-0.1, -0.05) is 19.3 Å². The molecule has 1 N–H and O–H groups in total. The highest BCUT2D eigenvalue weighted by Crippen LogP contribution is 2.53. The summed E-state index contributed by atoms with van der Waals surface area (Å²) < 4.78 is 11.6. The predicted molar refractivity (Wildman–Crippen MR) is 121 cm³/mol. The summed E-state index contributed by atoms with van der Waals surface area (Å²) in [4.78, 5) is 41.0. The van der Waals surface area contributed by atoms with E-state index in [4.69, 9.17) is 9.47 Å². The van der Waals surface area contributed by atoms with Gasteiger partial charge in [0.2, 0.25) is 5.91 Å². The van der Waals surface area contributed by atoms with Gasteiger partial charge in [-0.2, -0.15) is 0 Å². The number of ketones is 2. The van der Waals surface area contributed by atoms with Crippen molar-refractivity contribution >= 4 is 17.5 Å². The molecule has 178 valence electrons. The fourth-order valence-electron chi connectivity index (χ4n) is 6.70. The molecule has 0 aromatic carbocycles. The monoisotopic (exact) mass is 445 g/mol. The van der Waals surface area contributed by atoms with Crippen LogP contribution < -0.4 is 5.32 Å². The number of nitrogens with one attached hydrogen (secondary N) is 1. The number of allylic oxidation sites excluding steroid dienone is 2. The summed E-state index contributed by atoms with van der Waals surface area (Å²) in [6.07, 6.45) is 10.5. The summed E-state index contributed by atoms with van der Waals surface area (Å²) in [7, 11) is 1.67. The highest BCUT2D eigenvalue weighted by Gasteiger charge is 2.60. The number of carbonyl (C=O) groups is 3. The molecule has 3 unspecified atom stereocenters. The molecule has 4 aliphatic rings. The Bertz CT molecular complexity index is 738. The van der Waals surface area contributed by atoms with E-state index in [0.717, 1.165) is 44.9 Å². The van der Waals surface area contributed by atoms with E-state index in [2.05, 4.69) is 5.32 Å². The van der Waals surface area contributed by atoms with E-state index in [0.29, 0.717) is 43.4 Å². The molecule has 0 aromatic heterocycles. The molecule has 0 aliphatic heterocycles. The molecule has 3 atom stereocenters. The highest BCUT2D eigenvalue weighted by molar-refractivity contribution is 6.29. The van der Waals surface area contributed by atoms with Crippen LogP contribution in [0.15, 0.2) is 11.1 Å². The van der Waals surface area contributed by atoms with Crippen molar-refractivity contribution in [2.75, 3.05) is 13.7 Å². The third-order valence-corrected chi connectivity index (χ3v) is 8.35. The maximum absolute atomic E-state index is 13.9. The van der Waals surface area contributed by atoms with Gasteiger partial charge >= 0.3 is 0 Å². The van der Waals surface area contributed by atoms with Crippen molar-refractivity contribution in [2.45, 2.75) is 109 Å². The Morgan fingerprint density at radius 1 is 0.938 bits per heavy atom. The van der Waals surface area contributed by atoms with Crippen molar-refractivity contribution in [1.29, 1.82) is 0 Å². The van der Waals surface area contributed by atoms with Crippen molar-refractivity contribution in [2.24, 2.45) is 11.3 Å². The zero-order valence-electron chi connectivity index (χ0n) is 19.8. The number of hydrogen-bond acceptors (Lipinski definition) is 5. The highest BCUT2D eigenvalue weighted by atomic mass is 16.5. The topological polar surface area (TPSA) is 81.7 Å². The summed E-state index contributed by atoms with van der Waals surface area (Å²) in [5.41, 5.74) is 0.182. The molecule has 0 bridgehead atoms. The summed E-state index contributed by atoms with van der Waals surface area (Å²) in [5, 5.41) is 3.17. The quantitative estimate of drug-likeness (QED) is 0.598. The first-order chi connectivity index (χ1) is 15.5. The predicted octanol–water partition coefficient (Wildman–Crippen LogP) is 4.05. The van der Waals surface area contributed by atoms with E-state index in [1.165, 1.54) is 6.42 Å². The molecule has 0 spiro atoms. The lowest BCUT2D eigenvalue weighted by Crippen LogP contribution is -2.51. The van der Waals surface area contributed by atoms with Gasteiger partial charge in [-0.05, 0) is 70.6 Å². The van der Waals surface area contributed by atoms with E-state index in [-0.39, 0.29) is 48.1 Å². The summed E-state index contributed by atoms with van der Waals surface area (Å²) in [6, 6.07) is 0.169. The Kier molecular flexibility index (Phi) is 7.51. The Morgan fingerprint density at radius 3 is 2.19 bits per heavy atom. The van der Waals surface area contributed by atoms with Crippen LogP contribution in [-0.4, -0.2) is 49.4 Å². The molecule has 1 amide bonds.